The number of aryl methyl sites for hydroxylation is 1. The van der Waals surface area contributed by atoms with Crippen LogP contribution < -0.4 is 10.1 Å². The number of benzene rings is 2. The molecule has 1 N–H and O–H groups in total. The maximum Gasteiger partial charge on any atom is 0.265 e. The average molecular weight is 394 g/mol. The quantitative estimate of drug-likeness (QED) is 0.593. The highest BCUT2D eigenvalue weighted by Gasteiger charge is 2.13. The average Bonchev–Trinajstić information content (AvgIpc) is 3.06. The first-order chi connectivity index (χ1) is 12.4. The molecule has 0 aliphatic heterocycles. The SMILES string of the molecule is Cc1cc(Cl)ccc1OCc1csc(C(=O)Nc2cc(F)ccc2F)c1. The number of ether oxygens (including phenoxy) is 1. The molecule has 0 bridgehead atoms. The summed E-state index contributed by atoms with van der Waals surface area (Å²) in [4.78, 5) is 12.6. The molecule has 0 atom stereocenters. The van der Waals surface area contributed by atoms with E-state index in [-0.39, 0.29) is 12.3 Å². The van der Waals surface area contributed by atoms with Crippen molar-refractivity contribution in [2.45, 2.75) is 13.5 Å². The van der Waals surface area contributed by atoms with Gasteiger partial charge < -0.3 is 10.1 Å². The summed E-state index contributed by atoms with van der Waals surface area (Å²) in [5.74, 6) is -1.12. The lowest BCUT2D eigenvalue weighted by atomic mass is 10.2. The van der Waals surface area contributed by atoms with Gasteiger partial charge in [-0.05, 0) is 54.3 Å². The van der Waals surface area contributed by atoms with Crippen LogP contribution in [0.15, 0.2) is 47.8 Å². The van der Waals surface area contributed by atoms with Crippen molar-refractivity contribution in [2.75, 3.05) is 5.32 Å². The van der Waals surface area contributed by atoms with Gasteiger partial charge in [-0.2, -0.15) is 0 Å². The number of anilines is 1. The number of rotatable bonds is 5. The Kier molecular flexibility index (Phi) is 5.54. The topological polar surface area (TPSA) is 38.3 Å². The Hall–Kier alpha value is -2.44. The molecule has 0 aliphatic rings. The number of nitrogens with one attached hydrogen (secondary N) is 1. The second-order valence-corrected chi connectivity index (χ2v) is 6.94. The monoisotopic (exact) mass is 393 g/mol. The molecule has 1 aromatic heterocycles. The van der Waals surface area contributed by atoms with Crippen molar-refractivity contribution in [3.05, 3.63) is 80.5 Å². The molecule has 0 fully saturated rings. The second kappa shape index (κ2) is 7.85. The summed E-state index contributed by atoms with van der Waals surface area (Å²) in [6.07, 6.45) is 0. The zero-order valence-electron chi connectivity index (χ0n) is 13.7. The number of hydrogen-bond acceptors (Lipinski definition) is 3. The highest BCUT2D eigenvalue weighted by Crippen LogP contribution is 2.24. The van der Waals surface area contributed by atoms with Gasteiger partial charge in [-0.3, -0.25) is 4.79 Å². The van der Waals surface area contributed by atoms with Crippen LogP contribution in [0.4, 0.5) is 14.5 Å². The third-order valence-electron chi connectivity index (χ3n) is 3.59. The van der Waals surface area contributed by atoms with E-state index < -0.39 is 17.5 Å². The molecular weight excluding hydrogens is 380 g/mol. The lowest BCUT2D eigenvalue weighted by molar-refractivity contribution is 0.103. The molecule has 0 saturated carbocycles. The van der Waals surface area contributed by atoms with Gasteiger partial charge in [0.2, 0.25) is 0 Å². The molecule has 134 valence electrons. The van der Waals surface area contributed by atoms with Crippen molar-refractivity contribution in [3.63, 3.8) is 0 Å². The van der Waals surface area contributed by atoms with Gasteiger partial charge in [-0.15, -0.1) is 11.3 Å². The summed E-state index contributed by atoms with van der Waals surface area (Å²) in [7, 11) is 0. The van der Waals surface area contributed by atoms with Crippen LogP contribution in [0.5, 0.6) is 5.75 Å². The van der Waals surface area contributed by atoms with Crippen LogP contribution in [0, 0.1) is 18.6 Å². The van der Waals surface area contributed by atoms with Gasteiger partial charge >= 0.3 is 0 Å². The van der Waals surface area contributed by atoms with E-state index in [0.29, 0.717) is 15.6 Å². The molecule has 0 saturated heterocycles. The highest BCUT2D eigenvalue weighted by atomic mass is 35.5. The van der Waals surface area contributed by atoms with Gasteiger partial charge in [-0.25, -0.2) is 8.78 Å². The Balaban J connectivity index is 1.65. The van der Waals surface area contributed by atoms with Crippen LogP contribution in [0.1, 0.15) is 20.8 Å². The summed E-state index contributed by atoms with van der Waals surface area (Å²) in [5, 5.41) is 4.78. The molecule has 3 rings (SSSR count). The van der Waals surface area contributed by atoms with Gasteiger partial charge in [0.05, 0.1) is 10.6 Å². The first-order valence-corrected chi connectivity index (χ1v) is 8.91. The fourth-order valence-corrected chi connectivity index (χ4v) is 3.30. The highest BCUT2D eigenvalue weighted by molar-refractivity contribution is 7.12. The first kappa shape index (κ1) is 18.4. The molecule has 0 radical (unpaired) electrons. The van der Waals surface area contributed by atoms with Crippen molar-refractivity contribution in [1.29, 1.82) is 0 Å². The Morgan fingerprint density at radius 2 is 2.00 bits per heavy atom. The van der Waals surface area contributed by atoms with E-state index in [1.807, 2.05) is 6.92 Å². The van der Waals surface area contributed by atoms with Gasteiger partial charge in [0.1, 0.15) is 24.0 Å². The standard InChI is InChI=1S/C19H14ClF2NO2S/c1-11-6-13(20)2-5-17(11)25-9-12-7-18(26-10-12)19(24)23-16-8-14(21)3-4-15(16)22/h2-8,10H,9H2,1H3,(H,23,24). The first-order valence-electron chi connectivity index (χ1n) is 7.65. The van der Waals surface area contributed by atoms with E-state index in [4.69, 9.17) is 16.3 Å². The molecule has 0 aliphatic carbocycles. The Labute approximate surface area is 158 Å². The minimum Gasteiger partial charge on any atom is -0.489 e. The van der Waals surface area contributed by atoms with Crippen LogP contribution >= 0.6 is 22.9 Å². The molecule has 1 heterocycles. The van der Waals surface area contributed by atoms with Crippen molar-refractivity contribution in [3.8, 4) is 5.75 Å². The fourth-order valence-electron chi connectivity index (χ4n) is 2.28. The predicted octanol–water partition coefficient (Wildman–Crippen LogP) is 5.82. The largest absolute Gasteiger partial charge is 0.489 e. The summed E-state index contributed by atoms with van der Waals surface area (Å²) in [6, 6.07) is 9.87. The van der Waals surface area contributed by atoms with Crippen LogP contribution in [0.25, 0.3) is 0 Å². The summed E-state index contributed by atoms with van der Waals surface area (Å²) in [6.45, 7) is 2.17. The van der Waals surface area contributed by atoms with Crippen LogP contribution in [0.3, 0.4) is 0 Å². The third kappa shape index (κ3) is 4.39. The van der Waals surface area contributed by atoms with Crippen LogP contribution in [0.2, 0.25) is 5.02 Å². The van der Waals surface area contributed by atoms with E-state index in [1.165, 1.54) is 11.3 Å². The Morgan fingerprint density at radius 1 is 1.19 bits per heavy atom. The molecular formula is C19H14ClF2NO2S. The molecule has 7 heteroatoms. The van der Waals surface area contributed by atoms with Crippen molar-refractivity contribution < 1.29 is 18.3 Å². The number of halogens is 3. The number of hydrogen-bond donors (Lipinski definition) is 1. The smallest absolute Gasteiger partial charge is 0.265 e. The third-order valence-corrected chi connectivity index (χ3v) is 4.80. The van der Waals surface area contributed by atoms with E-state index in [1.54, 1.807) is 29.6 Å². The lowest BCUT2D eigenvalue weighted by Crippen LogP contribution is -2.11. The number of amides is 1. The molecule has 2 aromatic carbocycles. The number of carbonyl (C=O) groups excluding carboxylic acids is 1. The molecule has 3 aromatic rings. The van der Waals surface area contributed by atoms with Crippen LogP contribution in [-0.2, 0) is 6.61 Å². The predicted molar refractivity (Wildman–Crippen MR) is 99.2 cm³/mol. The summed E-state index contributed by atoms with van der Waals surface area (Å²) >= 11 is 7.11. The minimum absolute atomic E-state index is 0.196. The lowest BCUT2D eigenvalue weighted by Gasteiger charge is -2.08. The van der Waals surface area contributed by atoms with E-state index in [0.717, 1.165) is 29.3 Å². The maximum atomic E-state index is 13.6. The van der Waals surface area contributed by atoms with E-state index >= 15 is 0 Å². The molecule has 26 heavy (non-hydrogen) atoms. The summed E-state index contributed by atoms with van der Waals surface area (Å²) < 4.78 is 32.5. The van der Waals surface area contributed by atoms with Crippen molar-refractivity contribution >= 4 is 34.5 Å². The maximum absolute atomic E-state index is 13.6. The molecule has 3 nitrogen and oxygen atoms in total. The molecule has 0 unspecified atom stereocenters. The normalized spacial score (nSPS) is 10.6. The Morgan fingerprint density at radius 3 is 2.77 bits per heavy atom. The fraction of sp³-hybridized carbons (Fsp3) is 0.105. The van der Waals surface area contributed by atoms with Gasteiger partial charge in [0, 0.05) is 16.7 Å². The number of thiophene rings is 1. The molecule has 0 spiro atoms. The van der Waals surface area contributed by atoms with Crippen molar-refractivity contribution in [2.24, 2.45) is 0 Å². The zero-order chi connectivity index (χ0) is 18.7. The van der Waals surface area contributed by atoms with Crippen LogP contribution in [-0.4, -0.2) is 5.91 Å². The molecule has 1 amide bonds. The summed E-state index contributed by atoms with van der Waals surface area (Å²) in [5.41, 5.74) is 1.51. The minimum atomic E-state index is -0.696. The van der Waals surface area contributed by atoms with Gasteiger partial charge in [0.15, 0.2) is 0 Å². The van der Waals surface area contributed by atoms with E-state index in [2.05, 4.69) is 5.32 Å². The Bertz CT molecular complexity index is 958. The number of carbonyl (C=O) groups is 1. The van der Waals surface area contributed by atoms with E-state index in [9.17, 15) is 13.6 Å². The van der Waals surface area contributed by atoms with Crippen molar-refractivity contribution in [1.82, 2.24) is 0 Å². The second-order valence-electron chi connectivity index (χ2n) is 5.60. The zero-order valence-corrected chi connectivity index (χ0v) is 15.3. The van der Waals surface area contributed by atoms with Gasteiger partial charge in [0.25, 0.3) is 5.91 Å². The van der Waals surface area contributed by atoms with Gasteiger partial charge in [-0.1, -0.05) is 11.6 Å².